The van der Waals surface area contributed by atoms with Crippen molar-refractivity contribution < 1.29 is 23.8 Å². The number of aryl methyl sites for hydroxylation is 2. The Kier molecular flexibility index (Phi) is 13.1. The van der Waals surface area contributed by atoms with Gasteiger partial charge in [-0.05, 0) is 62.7 Å². The summed E-state index contributed by atoms with van der Waals surface area (Å²) in [6.45, 7) is 5.42. The molecule has 2 atom stereocenters. The lowest BCUT2D eigenvalue weighted by molar-refractivity contribution is -0.116. The number of aromatic nitrogens is 3. The van der Waals surface area contributed by atoms with Crippen LogP contribution in [-0.4, -0.2) is 85.2 Å². The van der Waals surface area contributed by atoms with E-state index in [1.165, 1.54) is 26.4 Å². The van der Waals surface area contributed by atoms with Gasteiger partial charge in [0, 0.05) is 61.1 Å². The van der Waals surface area contributed by atoms with Gasteiger partial charge in [0.05, 0.1) is 42.5 Å². The number of hydrogen-bond acceptors (Lipinski definition) is 10. The molecule has 0 radical (unpaired) electrons. The summed E-state index contributed by atoms with van der Waals surface area (Å²) < 4.78 is 18.2. The number of ketones is 1. The minimum Gasteiger partial charge on any atom is -0.495 e. The van der Waals surface area contributed by atoms with Crippen molar-refractivity contribution >= 4 is 57.6 Å². The van der Waals surface area contributed by atoms with Crippen LogP contribution in [0.15, 0.2) is 72.2 Å². The fraction of sp³-hybridized carbons (Fsp3) is 0.342. The molecule has 3 heterocycles. The highest BCUT2D eigenvalue weighted by Gasteiger charge is 2.28. The number of ether oxygens (including phenoxy) is 3. The van der Waals surface area contributed by atoms with Crippen LogP contribution in [0.2, 0.25) is 10.0 Å². The van der Waals surface area contributed by atoms with E-state index in [9.17, 15) is 14.4 Å². The van der Waals surface area contributed by atoms with Gasteiger partial charge in [0.1, 0.15) is 17.1 Å². The molecule has 52 heavy (non-hydrogen) atoms. The molecule has 2 unspecified atom stereocenters. The maximum Gasteiger partial charge on any atom is 0.260 e. The Balaban J connectivity index is 1.51. The average molecular weight is 750 g/mol. The van der Waals surface area contributed by atoms with Gasteiger partial charge in [0.15, 0.2) is 5.78 Å². The van der Waals surface area contributed by atoms with Crippen LogP contribution in [0.3, 0.4) is 0 Å². The van der Waals surface area contributed by atoms with Crippen LogP contribution in [0.5, 0.6) is 11.5 Å². The zero-order valence-corrected chi connectivity index (χ0v) is 31.1. The maximum absolute atomic E-state index is 14.5. The Labute approximate surface area is 312 Å². The van der Waals surface area contributed by atoms with E-state index < -0.39 is 0 Å². The second-order valence-electron chi connectivity index (χ2n) is 12.6. The molecule has 1 aliphatic heterocycles. The molecule has 5 rings (SSSR count). The molecule has 2 N–H and O–H groups in total. The first-order valence-electron chi connectivity index (χ1n) is 16.7. The van der Waals surface area contributed by atoms with Crippen molar-refractivity contribution in [2.45, 2.75) is 31.8 Å². The van der Waals surface area contributed by atoms with Crippen LogP contribution in [0.25, 0.3) is 22.2 Å². The summed E-state index contributed by atoms with van der Waals surface area (Å²) in [6, 6.07) is 10.4. The summed E-state index contributed by atoms with van der Waals surface area (Å²) in [4.78, 5) is 50.4. The molecule has 12 nitrogen and oxygen atoms in total. The number of methoxy groups -OCH3 is 2. The molecule has 0 aliphatic carbocycles. The fourth-order valence-corrected chi connectivity index (χ4v) is 6.69. The number of nitrogens with one attached hydrogen (secondary N) is 2. The number of halogens is 2. The molecule has 0 spiro atoms. The number of benzene rings is 2. The van der Waals surface area contributed by atoms with Crippen LogP contribution in [0.1, 0.15) is 18.4 Å². The largest absolute Gasteiger partial charge is 0.495 e. The smallest absolute Gasteiger partial charge is 0.260 e. The van der Waals surface area contributed by atoms with E-state index in [4.69, 9.17) is 42.4 Å². The Morgan fingerprint density at radius 2 is 1.83 bits per heavy atom. The number of carbonyl (C=O) groups is 2. The number of anilines is 2. The summed E-state index contributed by atoms with van der Waals surface area (Å²) in [7, 11) is 6.78. The zero-order valence-electron chi connectivity index (χ0n) is 29.6. The standard InChI is InChI=1S/C38H42Cl2N6O6/c1-6-27(47)18-24-14-17-52-22-29(24)43-38-41-21-25-19-28(33-34(39)30(50-4)20-31(51-5)35(33)40)37(49)46(36(25)44-38)16-13-23-9-11-26(12-10-23)42-32(48)8-7-15-45(2)3/h6-12,19-21,24,29H,1,13-18,22H2,2-5H3,(H,42,48)(H,41,43,44)/b8-7+. The van der Waals surface area contributed by atoms with Crippen molar-refractivity contribution in [3.05, 3.63) is 93.4 Å². The molecule has 2 aromatic heterocycles. The molecular weight excluding hydrogens is 707 g/mol. The first-order valence-corrected chi connectivity index (χ1v) is 17.5. The Morgan fingerprint density at radius 3 is 2.48 bits per heavy atom. The molecule has 2 aromatic carbocycles. The number of fused-ring (bicyclic) bond motifs is 1. The molecule has 14 heteroatoms. The van der Waals surface area contributed by atoms with Gasteiger partial charge in [0.2, 0.25) is 11.9 Å². The monoisotopic (exact) mass is 748 g/mol. The van der Waals surface area contributed by atoms with Crippen LogP contribution in [0, 0.1) is 5.92 Å². The molecular formula is C38H42Cl2N6O6. The van der Waals surface area contributed by atoms with Gasteiger partial charge in [-0.25, -0.2) is 4.98 Å². The van der Waals surface area contributed by atoms with Crippen LogP contribution < -0.4 is 25.7 Å². The third kappa shape index (κ3) is 9.18. The van der Waals surface area contributed by atoms with E-state index in [1.807, 2.05) is 43.3 Å². The van der Waals surface area contributed by atoms with Crippen molar-refractivity contribution in [1.29, 1.82) is 0 Å². The summed E-state index contributed by atoms with van der Waals surface area (Å²) in [5, 5.41) is 7.07. The molecule has 1 amide bonds. The molecule has 4 aromatic rings. The van der Waals surface area contributed by atoms with Gasteiger partial charge >= 0.3 is 0 Å². The highest BCUT2D eigenvalue weighted by Crippen LogP contribution is 2.45. The van der Waals surface area contributed by atoms with E-state index in [0.29, 0.717) is 73.2 Å². The molecule has 1 aliphatic rings. The first-order chi connectivity index (χ1) is 25.0. The van der Waals surface area contributed by atoms with E-state index in [0.717, 1.165) is 5.56 Å². The highest BCUT2D eigenvalue weighted by molar-refractivity contribution is 6.41. The average Bonchev–Trinajstić information content (AvgIpc) is 3.13. The van der Waals surface area contributed by atoms with E-state index in [1.54, 1.807) is 29.0 Å². The highest BCUT2D eigenvalue weighted by atomic mass is 35.5. The van der Waals surface area contributed by atoms with Crippen molar-refractivity contribution in [3.8, 4) is 22.6 Å². The second-order valence-corrected chi connectivity index (χ2v) is 13.4. The first kappa shape index (κ1) is 38.5. The van der Waals surface area contributed by atoms with Gasteiger partial charge in [-0.3, -0.25) is 19.0 Å². The quantitative estimate of drug-likeness (QED) is 0.138. The topological polar surface area (TPSA) is 137 Å². The summed E-state index contributed by atoms with van der Waals surface area (Å²) in [5.74, 6) is 0.603. The van der Waals surface area contributed by atoms with Crippen molar-refractivity contribution in [1.82, 2.24) is 19.4 Å². The SMILES string of the molecule is C=CC(=O)CC1CCOCC1Nc1ncc2cc(-c3c(Cl)c(OC)cc(OC)c3Cl)c(=O)n(CCc3ccc(NC(=O)/C=C/CN(C)C)cc3)c2n1. The normalized spacial score (nSPS) is 15.9. The molecule has 1 saturated heterocycles. The van der Waals surface area contributed by atoms with Crippen molar-refractivity contribution in [2.24, 2.45) is 5.92 Å². The number of rotatable bonds is 15. The fourth-order valence-electron chi connectivity index (χ4n) is 5.98. The molecule has 0 bridgehead atoms. The van der Waals surface area contributed by atoms with Gasteiger partial charge in [0.25, 0.3) is 5.56 Å². The molecule has 1 fully saturated rings. The van der Waals surface area contributed by atoms with E-state index in [2.05, 4.69) is 22.2 Å². The van der Waals surface area contributed by atoms with Crippen molar-refractivity contribution in [3.63, 3.8) is 0 Å². The summed E-state index contributed by atoms with van der Waals surface area (Å²) >= 11 is 13.6. The van der Waals surface area contributed by atoms with Crippen molar-refractivity contribution in [2.75, 3.05) is 58.7 Å². The van der Waals surface area contributed by atoms with Crippen LogP contribution in [0.4, 0.5) is 11.6 Å². The Bertz CT molecular complexity index is 2000. The van der Waals surface area contributed by atoms with E-state index >= 15 is 0 Å². The Morgan fingerprint density at radius 1 is 1.12 bits per heavy atom. The van der Waals surface area contributed by atoms with E-state index in [-0.39, 0.29) is 56.9 Å². The number of allylic oxidation sites excluding steroid dienone is 1. The van der Waals surface area contributed by atoms with Gasteiger partial charge in [-0.2, -0.15) is 4.98 Å². The molecule has 0 saturated carbocycles. The summed E-state index contributed by atoms with van der Waals surface area (Å²) in [6.07, 6.45) is 7.72. The number of pyridine rings is 1. The van der Waals surface area contributed by atoms with Gasteiger partial charge < -0.3 is 29.7 Å². The second kappa shape index (κ2) is 17.6. The maximum atomic E-state index is 14.5. The number of nitrogens with zero attached hydrogens (tertiary/aromatic N) is 4. The van der Waals surface area contributed by atoms with Gasteiger partial charge in [-0.1, -0.05) is 48.0 Å². The Hall–Kier alpha value is -4.75. The third-order valence-electron chi connectivity index (χ3n) is 8.76. The molecule has 274 valence electrons. The lowest BCUT2D eigenvalue weighted by Gasteiger charge is -2.31. The number of hydrogen-bond donors (Lipinski definition) is 2. The zero-order chi connectivity index (χ0) is 37.4. The number of carbonyl (C=O) groups excluding carboxylic acids is 2. The van der Waals surface area contributed by atoms with Crippen LogP contribution >= 0.6 is 23.2 Å². The van der Waals surface area contributed by atoms with Gasteiger partial charge in [-0.15, -0.1) is 0 Å². The number of amides is 1. The predicted octanol–water partition coefficient (Wildman–Crippen LogP) is 6.04. The minimum atomic E-state index is -0.389. The predicted molar refractivity (Wildman–Crippen MR) is 205 cm³/mol. The lowest BCUT2D eigenvalue weighted by atomic mass is 9.90. The summed E-state index contributed by atoms with van der Waals surface area (Å²) in [5.41, 5.74) is 2.04. The van der Waals surface area contributed by atoms with Crippen LogP contribution in [-0.2, 0) is 27.3 Å². The number of likely N-dealkylation sites (N-methyl/N-ethyl adjacent to an activating group) is 1. The third-order valence-corrected chi connectivity index (χ3v) is 9.51. The lowest BCUT2D eigenvalue weighted by Crippen LogP contribution is -2.40. The minimum absolute atomic E-state index is 0.00253.